The zero-order valence-corrected chi connectivity index (χ0v) is 17.5. The summed E-state index contributed by atoms with van der Waals surface area (Å²) in [6.07, 6.45) is 0.499. The monoisotopic (exact) mass is 417 g/mol. The van der Waals surface area contributed by atoms with Gasteiger partial charge in [0.2, 0.25) is 5.89 Å². The molecular formula is C20H23N3O5S. The highest BCUT2D eigenvalue weighted by Crippen LogP contribution is 2.30. The quantitative estimate of drug-likeness (QED) is 0.597. The number of methoxy groups -OCH3 is 2. The number of nitrogens with zero attached hydrogens (tertiary/aromatic N) is 2. The number of hydrogen-bond acceptors (Lipinski definition) is 7. The lowest BCUT2D eigenvalue weighted by Crippen LogP contribution is -2.13. The molecule has 0 atom stereocenters. The number of benzene rings is 2. The molecule has 0 bridgehead atoms. The smallest absolute Gasteiger partial charge is 0.262 e. The predicted octanol–water partition coefficient (Wildman–Crippen LogP) is 3.60. The normalized spacial score (nSPS) is 11.5. The summed E-state index contributed by atoms with van der Waals surface area (Å²) in [4.78, 5) is 4.42. The van der Waals surface area contributed by atoms with E-state index >= 15 is 0 Å². The number of hydrogen-bond donors (Lipinski definition) is 1. The van der Waals surface area contributed by atoms with Crippen LogP contribution in [0.2, 0.25) is 0 Å². The van der Waals surface area contributed by atoms with Gasteiger partial charge in [-0.15, -0.1) is 0 Å². The molecule has 0 unspecified atom stereocenters. The lowest BCUT2D eigenvalue weighted by molar-refractivity contribution is 0.354. The number of anilines is 1. The third-order valence-electron chi connectivity index (χ3n) is 4.21. The molecule has 9 heteroatoms. The van der Waals surface area contributed by atoms with E-state index in [4.69, 9.17) is 14.0 Å². The second-order valence-corrected chi connectivity index (χ2v) is 8.38. The minimum atomic E-state index is -3.77. The Morgan fingerprint density at radius 2 is 1.72 bits per heavy atom. The Bertz CT molecular complexity index is 1080. The van der Waals surface area contributed by atoms with Crippen molar-refractivity contribution in [3.63, 3.8) is 0 Å². The van der Waals surface area contributed by atoms with Crippen LogP contribution in [0.15, 0.2) is 51.9 Å². The van der Waals surface area contributed by atoms with Gasteiger partial charge in [0.05, 0.1) is 19.1 Å². The van der Waals surface area contributed by atoms with Crippen LogP contribution < -0.4 is 14.2 Å². The maximum Gasteiger partial charge on any atom is 0.262 e. The SMILES string of the molecule is COc1ccc(S(=O)(=O)Nc2ccc(Cc3noc(C(C)C)n3)cc2)cc1OC. The van der Waals surface area contributed by atoms with E-state index < -0.39 is 10.0 Å². The largest absolute Gasteiger partial charge is 0.493 e. The molecule has 8 nitrogen and oxygen atoms in total. The fourth-order valence-corrected chi connectivity index (χ4v) is 3.72. The molecule has 0 saturated heterocycles. The van der Waals surface area contributed by atoms with E-state index in [9.17, 15) is 8.42 Å². The van der Waals surface area contributed by atoms with Crippen LogP contribution in [0, 0.1) is 0 Å². The van der Waals surface area contributed by atoms with Crippen molar-refractivity contribution in [2.45, 2.75) is 31.1 Å². The molecule has 1 heterocycles. The number of ether oxygens (including phenoxy) is 2. The van der Waals surface area contributed by atoms with Crippen LogP contribution >= 0.6 is 0 Å². The van der Waals surface area contributed by atoms with Gasteiger partial charge >= 0.3 is 0 Å². The average Bonchev–Trinajstić information content (AvgIpc) is 3.17. The van der Waals surface area contributed by atoms with Crippen molar-refractivity contribution in [2.24, 2.45) is 0 Å². The molecule has 3 rings (SSSR count). The van der Waals surface area contributed by atoms with E-state index in [1.807, 2.05) is 26.0 Å². The van der Waals surface area contributed by atoms with Crippen LogP contribution in [0.4, 0.5) is 5.69 Å². The van der Waals surface area contributed by atoms with Crippen molar-refractivity contribution in [3.05, 3.63) is 59.7 Å². The Morgan fingerprint density at radius 3 is 2.31 bits per heavy atom. The van der Waals surface area contributed by atoms with Gasteiger partial charge in [-0.1, -0.05) is 31.1 Å². The van der Waals surface area contributed by atoms with Crippen molar-refractivity contribution < 1.29 is 22.4 Å². The number of aromatic nitrogens is 2. The molecule has 0 aliphatic rings. The Hall–Kier alpha value is -3.07. The van der Waals surface area contributed by atoms with E-state index in [2.05, 4.69) is 14.9 Å². The fourth-order valence-electron chi connectivity index (χ4n) is 2.64. The van der Waals surface area contributed by atoms with Crippen molar-refractivity contribution in [1.29, 1.82) is 0 Å². The zero-order chi connectivity index (χ0) is 21.0. The summed E-state index contributed by atoms with van der Waals surface area (Å²) in [5, 5.41) is 3.96. The lowest BCUT2D eigenvalue weighted by atomic mass is 10.1. The third-order valence-corrected chi connectivity index (χ3v) is 5.59. The summed E-state index contributed by atoms with van der Waals surface area (Å²) in [6.45, 7) is 3.97. The van der Waals surface area contributed by atoms with E-state index in [1.165, 1.54) is 26.4 Å². The van der Waals surface area contributed by atoms with Crippen molar-refractivity contribution >= 4 is 15.7 Å². The summed E-state index contributed by atoms with van der Waals surface area (Å²) < 4.78 is 43.4. The average molecular weight is 417 g/mol. The molecule has 0 aliphatic carbocycles. The first-order valence-electron chi connectivity index (χ1n) is 8.98. The third kappa shape index (κ3) is 4.86. The molecule has 3 aromatic rings. The van der Waals surface area contributed by atoms with E-state index in [-0.39, 0.29) is 10.8 Å². The molecule has 1 N–H and O–H groups in total. The summed E-state index contributed by atoms with van der Waals surface area (Å²) in [6, 6.07) is 11.4. The molecule has 2 aromatic carbocycles. The molecule has 0 fully saturated rings. The molecule has 0 radical (unpaired) electrons. The molecule has 0 saturated carbocycles. The van der Waals surface area contributed by atoms with Crippen LogP contribution in [0.3, 0.4) is 0 Å². The highest BCUT2D eigenvalue weighted by Gasteiger charge is 2.17. The van der Waals surface area contributed by atoms with Gasteiger partial charge in [-0.2, -0.15) is 4.98 Å². The van der Waals surface area contributed by atoms with E-state index in [1.54, 1.807) is 18.2 Å². The zero-order valence-electron chi connectivity index (χ0n) is 16.7. The molecule has 0 aliphatic heterocycles. The van der Waals surface area contributed by atoms with Gasteiger partial charge in [0.15, 0.2) is 17.3 Å². The maximum atomic E-state index is 12.7. The van der Waals surface area contributed by atoms with Gasteiger partial charge < -0.3 is 14.0 Å². The molecule has 154 valence electrons. The van der Waals surface area contributed by atoms with Crippen LogP contribution in [0.5, 0.6) is 11.5 Å². The van der Waals surface area contributed by atoms with Gasteiger partial charge in [-0.3, -0.25) is 4.72 Å². The summed E-state index contributed by atoms with van der Waals surface area (Å²) in [7, 11) is -0.831. The molecular weight excluding hydrogens is 394 g/mol. The van der Waals surface area contributed by atoms with Crippen LogP contribution in [-0.2, 0) is 16.4 Å². The number of nitrogens with one attached hydrogen (secondary N) is 1. The summed E-state index contributed by atoms with van der Waals surface area (Å²) in [5.41, 5.74) is 1.38. The molecule has 29 heavy (non-hydrogen) atoms. The van der Waals surface area contributed by atoms with Gasteiger partial charge in [0, 0.05) is 24.1 Å². The first-order chi connectivity index (χ1) is 13.8. The fraction of sp³-hybridized carbons (Fsp3) is 0.300. The second kappa shape index (κ2) is 8.52. The second-order valence-electron chi connectivity index (χ2n) is 6.70. The Labute approximate surface area is 169 Å². The topological polar surface area (TPSA) is 104 Å². The van der Waals surface area contributed by atoms with Crippen molar-refractivity contribution in [3.8, 4) is 11.5 Å². The van der Waals surface area contributed by atoms with Gasteiger partial charge in [-0.25, -0.2) is 8.42 Å². The number of sulfonamides is 1. The predicted molar refractivity (Wildman–Crippen MR) is 108 cm³/mol. The van der Waals surface area contributed by atoms with Crippen molar-refractivity contribution in [1.82, 2.24) is 10.1 Å². The minimum absolute atomic E-state index is 0.0761. The van der Waals surface area contributed by atoms with E-state index in [0.717, 1.165) is 5.56 Å². The lowest BCUT2D eigenvalue weighted by Gasteiger charge is -2.12. The summed E-state index contributed by atoms with van der Waals surface area (Å²) >= 11 is 0. The minimum Gasteiger partial charge on any atom is -0.493 e. The highest BCUT2D eigenvalue weighted by molar-refractivity contribution is 7.92. The van der Waals surface area contributed by atoms with Crippen LogP contribution in [0.1, 0.15) is 37.0 Å². The Kier molecular flexibility index (Phi) is 6.07. The first-order valence-corrected chi connectivity index (χ1v) is 10.5. The first kappa shape index (κ1) is 20.7. The molecule has 1 aromatic heterocycles. The van der Waals surface area contributed by atoms with E-state index in [0.29, 0.717) is 35.3 Å². The van der Waals surface area contributed by atoms with Gasteiger partial charge in [0.1, 0.15) is 0 Å². The van der Waals surface area contributed by atoms with Gasteiger partial charge in [-0.05, 0) is 29.8 Å². The van der Waals surface area contributed by atoms with Crippen molar-refractivity contribution in [2.75, 3.05) is 18.9 Å². The highest BCUT2D eigenvalue weighted by atomic mass is 32.2. The Morgan fingerprint density at radius 1 is 1.03 bits per heavy atom. The molecule has 0 amide bonds. The van der Waals surface area contributed by atoms with Gasteiger partial charge in [0.25, 0.3) is 10.0 Å². The van der Waals surface area contributed by atoms with Crippen LogP contribution in [0.25, 0.3) is 0 Å². The Balaban J connectivity index is 1.73. The maximum absolute atomic E-state index is 12.7. The summed E-state index contributed by atoms with van der Waals surface area (Å²) in [5.74, 6) is 2.15. The number of rotatable bonds is 8. The standard InChI is InChI=1S/C20H23N3O5S/c1-13(2)20-21-19(22-28-20)11-14-5-7-15(8-6-14)23-29(24,25)16-9-10-17(26-3)18(12-16)27-4/h5-10,12-13,23H,11H2,1-4H3. The molecule has 0 spiro atoms. The van der Waals surface area contributed by atoms with Crippen LogP contribution in [-0.4, -0.2) is 32.8 Å².